The maximum atomic E-state index is 14.5. The van der Waals surface area contributed by atoms with E-state index in [-0.39, 0.29) is 23.4 Å². The highest BCUT2D eigenvalue weighted by atomic mass is 16.1. The Balaban J connectivity index is 1.10. The number of hydrogen-bond donors (Lipinski definition) is 0. The van der Waals surface area contributed by atoms with Crippen molar-refractivity contribution in [3.8, 4) is 11.1 Å². The number of para-hydroxylation sites is 4. The summed E-state index contributed by atoms with van der Waals surface area (Å²) in [5.74, 6) is -0.357. The number of rotatable bonds is 6. The van der Waals surface area contributed by atoms with Gasteiger partial charge in [0.2, 0.25) is 0 Å². The highest BCUT2D eigenvalue weighted by Gasteiger charge is 2.42. The zero-order valence-electron chi connectivity index (χ0n) is 28.2. The molecule has 0 radical (unpaired) electrons. The van der Waals surface area contributed by atoms with Gasteiger partial charge in [0, 0.05) is 62.1 Å². The summed E-state index contributed by atoms with van der Waals surface area (Å²) in [5, 5.41) is 1.91. The van der Waals surface area contributed by atoms with Gasteiger partial charge < -0.3 is 9.80 Å². The third kappa shape index (κ3) is 4.61. The molecule has 10 rings (SSSR count). The summed E-state index contributed by atoms with van der Waals surface area (Å²) in [6, 6.07) is 55.1. The molecule has 4 heteroatoms. The Morgan fingerprint density at radius 2 is 1.00 bits per heavy atom. The fraction of sp³-hybridized carbons (Fsp3) is 0.0417. The van der Waals surface area contributed by atoms with Gasteiger partial charge in [-0.2, -0.15) is 0 Å². The zero-order valence-corrected chi connectivity index (χ0v) is 28.2. The SMILES string of the molecule is O=C1c2cc(N(c3ccccc3)c3ccccc3)ccc2-c2cc3c(c4cccc1c24)C1C=CC(N(c2ccccc2)c2ccccc2)=CC1C3=O. The van der Waals surface area contributed by atoms with E-state index in [4.69, 9.17) is 0 Å². The number of benzene rings is 7. The van der Waals surface area contributed by atoms with Gasteiger partial charge in [0.1, 0.15) is 0 Å². The molecule has 0 heterocycles. The zero-order chi connectivity index (χ0) is 34.8. The molecule has 0 amide bonds. The van der Waals surface area contributed by atoms with Gasteiger partial charge in [-0.1, -0.05) is 103 Å². The number of anilines is 5. The van der Waals surface area contributed by atoms with Crippen LogP contribution in [0.25, 0.3) is 21.9 Å². The molecule has 0 spiro atoms. The summed E-state index contributed by atoms with van der Waals surface area (Å²) in [5.41, 5.74) is 10.8. The quantitative estimate of drug-likeness (QED) is 0.177. The molecule has 0 saturated heterocycles. The van der Waals surface area contributed by atoms with E-state index in [0.717, 1.165) is 67.2 Å². The molecule has 0 aromatic heterocycles. The number of ketones is 2. The third-order valence-electron chi connectivity index (χ3n) is 10.7. The smallest absolute Gasteiger partial charge is 0.194 e. The molecule has 2 atom stereocenters. The minimum absolute atomic E-state index is 0.000390. The van der Waals surface area contributed by atoms with Crippen molar-refractivity contribution in [2.45, 2.75) is 5.92 Å². The van der Waals surface area contributed by atoms with E-state index in [0.29, 0.717) is 11.1 Å². The first kappa shape index (κ1) is 30.1. The monoisotopic (exact) mass is 668 g/mol. The van der Waals surface area contributed by atoms with E-state index in [1.165, 1.54) is 0 Å². The topological polar surface area (TPSA) is 40.6 Å². The molecule has 7 aromatic rings. The molecule has 246 valence electrons. The van der Waals surface area contributed by atoms with Gasteiger partial charge in [-0.3, -0.25) is 9.59 Å². The second kappa shape index (κ2) is 11.9. The second-order valence-corrected chi connectivity index (χ2v) is 13.6. The average molecular weight is 669 g/mol. The first-order valence-corrected chi connectivity index (χ1v) is 17.7. The van der Waals surface area contributed by atoms with Crippen LogP contribution < -0.4 is 9.80 Å². The number of hydrogen-bond acceptors (Lipinski definition) is 4. The van der Waals surface area contributed by atoms with Crippen LogP contribution in [-0.2, 0) is 0 Å². The molecule has 0 saturated carbocycles. The van der Waals surface area contributed by atoms with Crippen LogP contribution in [0.3, 0.4) is 0 Å². The molecular weight excluding hydrogens is 637 g/mol. The minimum Gasteiger partial charge on any atom is -0.311 e. The number of nitrogens with zero attached hydrogens (tertiary/aromatic N) is 2. The van der Waals surface area contributed by atoms with Crippen LogP contribution in [0.4, 0.5) is 28.4 Å². The van der Waals surface area contributed by atoms with Gasteiger partial charge >= 0.3 is 0 Å². The third-order valence-corrected chi connectivity index (χ3v) is 10.7. The van der Waals surface area contributed by atoms with Crippen LogP contribution in [0.15, 0.2) is 188 Å². The standard InChI is InChI=1S/C48H32N2O2/c51-47-40-23-13-22-39-45-38-27-25-36(50(33-18-9-3-10-19-33)34-20-11-4-12-21-34)29-43(38)48(52)44(45)30-41(46(39)40)37-26-24-35(28-42(37)47)49(31-14-5-1-6-15-31)32-16-7-2-8-17-32/h1-30,38,43H. The van der Waals surface area contributed by atoms with Crippen molar-refractivity contribution in [3.63, 3.8) is 0 Å². The summed E-state index contributed by atoms with van der Waals surface area (Å²) < 4.78 is 0. The van der Waals surface area contributed by atoms with E-state index in [1.54, 1.807) is 0 Å². The largest absolute Gasteiger partial charge is 0.311 e. The molecule has 52 heavy (non-hydrogen) atoms. The second-order valence-electron chi connectivity index (χ2n) is 13.6. The predicted molar refractivity (Wildman–Crippen MR) is 210 cm³/mol. The minimum atomic E-state index is -0.351. The van der Waals surface area contributed by atoms with Crippen molar-refractivity contribution in [1.29, 1.82) is 0 Å². The molecular formula is C48H32N2O2. The number of fused-ring (bicyclic) bond motifs is 6. The Bertz CT molecular complexity index is 2530. The van der Waals surface area contributed by atoms with E-state index in [2.05, 4.69) is 101 Å². The summed E-state index contributed by atoms with van der Waals surface area (Å²) in [6.45, 7) is 0. The molecule has 4 nitrogen and oxygen atoms in total. The van der Waals surface area contributed by atoms with Crippen molar-refractivity contribution < 1.29 is 9.59 Å². The van der Waals surface area contributed by atoms with Gasteiger partial charge in [0.05, 0.1) is 5.92 Å². The fourth-order valence-electron chi connectivity index (χ4n) is 8.42. The molecule has 0 bridgehead atoms. The molecule has 0 fully saturated rings. The lowest BCUT2D eigenvalue weighted by atomic mass is 9.79. The Labute approximate surface area is 302 Å². The van der Waals surface area contributed by atoms with Crippen molar-refractivity contribution in [2.75, 3.05) is 9.80 Å². The highest BCUT2D eigenvalue weighted by Crippen LogP contribution is 2.52. The van der Waals surface area contributed by atoms with Crippen LogP contribution in [0.1, 0.15) is 37.8 Å². The average Bonchev–Trinajstić information content (AvgIpc) is 3.49. The first-order chi connectivity index (χ1) is 25.7. The Morgan fingerprint density at radius 1 is 0.423 bits per heavy atom. The van der Waals surface area contributed by atoms with Gasteiger partial charge in [0.25, 0.3) is 0 Å². The molecule has 2 unspecified atom stereocenters. The maximum absolute atomic E-state index is 14.5. The predicted octanol–water partition coefficient (Wildman–Crippen LogP) is 11.7. The number of Topliss-reactive ketones (excluding diaryl/α,β-unsaturated/α-hetero) is 1. The lowest BCUT2D eigenvalue weighted by Crippen LogP contribution is -2.21. The van der Waals surface area contributed by atoms with Crippen molar-refractivity contribution >= 4 is 50.8 Å². The normalized spacial score (nSPS) is 16.6. The highest BCUT2D eigenvalue weighted by molar-refractivity contribution is 6.28. The fourth-order valence-corrected chi connectivity index (χ4v) is 8.42. The van der Waals surface area contributed by atoms with Crippen molar-refractivity contribution in [3.05, 3.63) is 210 Å². The lowest BCUT2D eigenvalue weighted by molar-refractivity contribution is 0.0953. The van der Waals surface area contributed by atoms with Gasteiger partial charge in [-0.15, -0.1) is 0 Å². The van der Waals surface area contributed by atoms with Crippen LogP contribution in [-0.4, -0.2) is 11.6 Å². The lowest BCUT2D eigenvalue weighted by Gasteiger charge is -2.30. The summed E-state index contributed by atoms with van der Waals surface area (Å²) in [6.07, 6.45) is 6.46. The van der Waals surface area contributed by atoms with Crippen molar-refractivity contribution in [1.82, 2.24) is 0 Å². The van der Waals surface area contributed by atoms with Crippen LogP contribution >= 0.6 is 0 Å². The summed E-state index contributed by atoms with van der Waals surface area (Å²) >= 11 is 0. The van der Waals surface area contributed by atoms with Crippen LogP contribution in [0, 0.1) is 5.92 Å². The van der Waals surface area contributed by atoms with Gasteiger partial charge in [0.15, 0.2) is 11.6 Å². The molecule has 0 aliphatic heterocycles. The van der Waals surface area contributed by atoms with Crippen LogP contribution in [0.2, 0.25) is 0 Å². The summed E-state index contributed by atoms with van der Waals surface area (Å²) in [7, 11) is 0. The maximum Gasteiger partial charge on any atom is 0.194 e. The van der Waals surface area contributed by atoms with E-state index in [9.17, 15) is 9.59 Å². The van der Waals surface area contributed by atoms with Gasteiger partial charge in [-0.25, -0.2) is 0 Å². The Morgan fingerprint density at radius 3 is 1.60 bits per heavy atom. The van der Waals surface area contributed by atoms with Gasteiger partial charge in [-0.05, 0) is 101 Å². The number of carbonyl (C=O) groups is 2. The first-order valence-electron chi connectivity index (χ1n) is 17.7. The van der Waals surface area contributed by atoms with E-state index < -0.39 is 0 Å². The van der Waals surface area contributed by atoms with Crippen LogP contribution in [0.5, 0.6) is 0 Å². The molecule has 3 aliphatic rings. The number of allylic oxidation sites excluding steroid dienone is 3. The molecule has 7 aromatic carbocycles. The molecule has 3 aliphatic carbocycles. The Hall–Kier alpha value is -6.78. The number of carbonyl (C=O) groups excluding carboxylic acids is 2. The summed E-state index contributed by atoms with van der Waals surface area (Å²) in [4.78, 5) is 33.4. The van der Waals surface area contributed by atoms with E-state index in [1.807, 2.05) is 91.0 Å². The van der Waals surface area contributed by atoms with Crippen molar-refractivity contribution in [2.24, 2.45) is 5.92 Å². The molecule has 0 N–H and O–H groups in total. The van der Waals surface area contributed by atoms with E-state index >= 15 is 0 Å². The Kier molecular flexibility index (Phi) is 6.90.